The highest BCUT2D eigenvalue weighted by Gasteiger charge is 2.24. The lowest BCUT2D eigenvalue weighted by Gasteiger charge is -2.14. The Morgan fingerprint density at radius 1 is 1.43 bits per heavy atom. The van der Waals surface area contributed by atoms with Gasteiger partial charge in [0.15, 0.2) is 0 Å². The zero-order valence-corrected chi connectivity index (χ0v) is 14.7. The Morgan fingerprint density at radius 3 is 2.76 bits per heavy atom. The highest BCUT2D eigenvalue weighted by Crippen LogP contribution is 2.28. The van der Waals surface area contributed by atoms with E-state index in [4.69, 9.17) is 0 Å². The number of hydrogen-bond donors (Lipinski definition) is 2. The van der Waals surface area contributed by atoms with Crippen LogP contribution < -0.4 is 10.0 Å². The summed E-state index contributed by atoms with van der Waals surface area (Å²) in [6.45, 7) is 4.45. The SMILES string of the molecule is CCC(NS(=O)(=O)c1cc(CNC)sc1C)c1nccs1. The molecule has 2 heterocycles. The molecule has 0 aliphatic carbocycles. The average Bonchev–Trinajstić information content (AvgIpc) is 3.06. The van der Waals surface area contributed by atoms with E-state index in [0.29, 0.717) is 17.9 Å². The largest absolute Gasteiger partial charge is 0.315 e. The third-order valence-electron chi connectivity index (χ3n) is 3.02. The van der Waals surface area contributed by atoms with Gasteiger partial charge in [0.05, 0.1) is 10.9 Å². The highest BCUT2D eigenvalue weighted by atomic mass is 32.2. The normalized spacial score (nSPS) is 13.5. The van der Waals surface area contributed by atoms with Gasteiger partial charge in [-0.05, 0) is 26.5 Å². The minimum absolute atomic E-state index is 0.276. The van der Waals surface area contributed by atoms with Gasteiger partial charge in [0.1, 0.15) is 5.01 Å². The Labute approximate surface area is 133 Å². The second-order valence-corrected chi connectivity index (χ2v) is 8.57. The van der Waals surface area contributed by atoms with Gasteiger partial charge in [0.25, 0.3) is 0 Å². The van der Waals surface area contributed by atoms with Crippen LogP contribution in [0.5, 0.6) is 0 Å². The zero-order valence-electron chi connectivity index (χ0n) is 12.2. The molecule has 0 saturated heterocycles. The molecule has 0 spiro atoms. The van der Waals surface area contributed by atoms with Gasteiger partial charge in [-0.25, -0.2) is 18.1 Å². The topological polar surface area (TPSA) is 71.1 Å². The monoisotopic (exact) mass is 345 g/mol. The molecular weight excluding hydrogens is 326 g/mol. The Balaban J connectivity index is 2.25. The average molecular weight is 346 g/mol. The van der Waals surface area contributed by atoms with Gasteiger partial charge in [0, 0.05) is 27.9 Å². The fourth-order valence-electron chi connectivity index (χ4n) is 2.02. The lowest BCUT2D eigenvalue weighted by atomic mass is 10.3. The molecule has 2 N–H and O–H groups in total. The fourth-order valence-corrected chi connectivity index (χ4v) is 5.80. The maximum absolute atomic E-state index is 12.6. The summed E-state index contributed by atoms with van der Waals surface area (Å²) < 4.78 is 27.9. The molecule has 116 valence electrons. The van der Waals surface area contributed by atoms with Gasteiger partial charge in [-0.15, -0.1) is 22.7 Å². The van der Waals surface area contributed by atoms with E-state index < -0.39 is 10.0 Å². The van der Waals surface area contributed by atoms with E-state index in [-0.39, 0.29) is 6.04 Å². The number of hydrogen-bond acceptors (Lipinski definition) is 6. The van der Waals surface area contributed by atoms with Crippen molar-refractivity contribution in [2.45, 2.75) is 37.8 Å². The third-order valence-corrected chi connectivity index (χ3v) is 6.69. The summed E-state index contributed by atoms with van der Waals surface area (Å²) in [5.41, 5.74) is 0. The van der Waals surface area contributed by atoms with Crippen LogP contribution in [0.15, 0.2) is 22.5 Å². The second kappa shape index (κ2) is 6.97. The van der Waals surface area contributed by atoms with Gasteiger partial charge < -0.3 is 5.32 Å². The summed E-state index contributed by atoms with van der Waals surface area (Å²) >= 11 is 2.97. The van der Waals surface area contributed by atoms with Crippen LogP contribution in [0.1, 0.15) is 34.1 Å². The number of thiazole rings is 1. The van der Waals surface area contributed by atoms with Crippen molar-refractivity contribution in [1.29, 1.82) is 0 Å². The van der Waals surface area contributed by atoms with E-state index in [1.807, 2.05) is 26.3 Å². The molecule has 0 radical (unpaired) electrons. The summed E-state index contributed by atoms with van der Waals surface area (Å²) in [5, 5.41) is 5.69. The minimum Gasteiger partial charge on any atom is -0.315 e. The second-order valence-electron chi connectivity index (χ2n) is 4.62. The number of aryl methyl sites for hydroxylation is 1. The number of sulfonamides is 1. The maximum Gasteiger partial charge on any atom is 0.242 e. The van der Waals surface area contributed by atoms with Crippen molar-refractivity contribution >= 4 is 32.7 Å². The van der Waals surface area contributed by atoms with Crippen molar-refractivity contribution in [1.82, 2.24) is 15.0 Å². The van der Waals surface area contributed by atoms with Crippen LogP contribution in [0.3, 0.4) is 0 Å². The molecule has 2 rings (SSSR count). The van der Waals surface area contributed by atoms with Gasteiger partial charge in [-0.1, -0.05) is 6.92 Å². The van der Waals surface area contributed by atoms with Crippen molar-refractivity contribution in [2.75, 3.05) is 7.05 Å². The molecule has 0 fully saturated rings. The van der Waals surface area contributed by atoms with E-state index in [9.17, 15) is 8.42 Å². The highest BCUT2D eigenvalue weighted by molar-refractivity contribution is 7.89. The molecule has 0 aliphatic rings. The first-order chi connectivity index (χ1) is 9.97. The van der Waals surface area contributed by atoms with Crippen LogP contribution in [-0.2, 0) is 16.6 Å². The molecular formula is C13H19N3O2S3. The van der Waals surface area contributed by atoms with Crippen LogP contribution in [0, 0.1) is 6.92 Å². The minimum atomic E-state index is -3.53. The van der Waals surface area contributed by atoms with E-state index in [1.54, 1.807) is 12.3 Å². The molecule has 2 aromatic heterocycles. The molecule has 0 bridgehead atoms. The van der Waals surface area contributed by atoms with Crippen molar-refractivity contribution in [3.05, 3.63) is 32.4 Å². The Hall–Kier alpha value is -0.800. The predicted octanol–water partition coefficient (Wildman–Crippen LogP) is 2.66. The fraction of sp³-hybridized carbons (Fsp3) is 0.462. The van der Waals surface area contributed by atoms with Crippen LogP contribution in [0.25, 0.3) is 0 Å². The lowest BCUT2D eigenvalue weighted by molar-refractivity contribution is 0.549. The number of rotatable bonds is 7. The van der Waals surface area contributed by atoms with Crippen LogP contribution in [-0.4, -0.2) is 20.4 Å². The molecule has 0 aromatic carbocycles. The van der Waals surface area contributed by atoms with E-state index in [0.717, 1.165) is 14.8 Å². The molecule has 1 unspecified atom stereocenters. The van der Waals surface area contributed by atoms with Crippen LogP contribution in [0.2, 0.25) is 0 Å². The smallest absolute Gasteiger partial charge is 0.242 e. The lowest BCUT2D eigenvalue weighted by Crippen LogP contribution is -2.28. The third kappa shape index (κ3) is 3.89. The molecule has 2 aromatic rings. The first-order valence-corrected chi connectivity index (χ1v) is 9.81. The number of aromatic nitrogens is 1. The van der Waals surface area contributed by atoms with Gasteiger partial charge in [0.2, 0.25) is 10.0 Å². The quantitative estimate of drug-likeness (QED) is 0.809. The van der Waals surface area contributed by atoms with Crippen molar-refractivity contribution in [3.8, 4) is 0 Å². The number of nitrogens with zero attached hydrogens (tertiary/aromatic N) is 1. The van der Waals surface area contributed by atoms with Crippen LogP contribution >= 0.6 is 22.7 Å². The van der Waals surface area contributed by atoms with Gasteiger partial charge in [-0.3, -0.25) is 0 Å². The first-order valence-electron chi connectivity index (χ1n) is 6.63. The van der Waals surface area contributed by atoms with Crippen LogP contribution in [0.4, 0.5) is 0 Å². The molecule has 0 saturated carbocycles. The zero-order chi connectivity index (χ0) is 15.5. The molecule has 8 heteroatoms. The van der Waals surface area contributed by atoms with E-state index in [2.05, 4.69) is 15.0 Å². The molecule has 0 amide bonds. The van der Waals surface area contributed by atoms with E-state index >= 15 is 0 Å². The number of nitrogens with one attached hydrogen (secondary N) is 2. The Morgan fingerprint density at radius 2 is 2.19 bits per heavy atom. The van der Waals surface area contributed by atoms with E-state index in [1.165, 1.54) is 22.7 Å². The number of thiophene rings is 1. The maximum atomic E-state index is 12.6. The standard InChI is InChI=1S/C13H19N3O2S3/c1-4-11(13-15-5-6-19-13)16-21(17,18)12-7-10(8-14-3)20-9(12)2/h5-7,11,14,16H,4,8H2,1-3H3. The molecule has 21 heavy (non-hydrogen) atoms. The molecule has 5 nitrogen and oxygen atoms in total. The van der Waals surface area contributed by atoms with Gasteiger partial charge in [-0.2, -0.15) is 0 Å². The Bertz CT molecular complexity index is 678. The summed E-state index contributed by atoms with van der Waals surface area (Å²) in [6, 6.07) is 1.47. The van der Waals surface area contributed by atoms with Gasteiger partial charge >= 0.3 is 0 Å². The summed E-state index contributed by atoms with van der Waals surface area (Å²) in [6.07, 6.45) is 2.36. The molecule has 0 aliphatic heterocycles. The summed E-state index contributed by atoms with van der Waals surface area (Å²) in [5.74, 6) is 0. The van der Waals surface area contributed by atoms with Crippen molar-refractivity contribution in [3.63, 3.8) is 0 Å². The van der Waals surface area contributed by atoms with Crippen molar-refractivity contribution < 1.29 is 8.42 Å². The first kappa shape index (κ1) is 16.6. The molecule has 1 atom stereocenters. The summed E-state index contributed by atoms with van der Waals surface area (Å²) in [7, 11) is -1.68. The van der Waals surface area contributed by atoms with Crippen molar-refractivity contribution in [2.24, 2.45) is 0 Å². The summed E-state index contributed by atoms with van der Waals surface area (Å²) in [4.78, 5) is 6.39. The Kier molecular flexibility index (Phi) is 5.50. The predicted molar refractivity (Wildman–Crippen MR) is 87.3 cm³/mol.